The number of thiazole rings is 1. The maximum absolute atomic E-state index is 12.8. The fourth-order valence-electron chi connectivity index (χ4n) is 3.36. The molecule has 1 saturated carbocycles. The molecule has 2 heterocycles. The number of carboxylic acids is 1. The number of hydrogen-bond acceptors (Lipinski definition) is 5. The number of aromatic carboxylic acids is 1. The molecule has 29 heavy (non-hydrogen) atoms. The van der Waals surface area contributed by atoms with Gasteiger partial charge >= 0.3 is 12.1 Å². The number of benzene rings is 1. The molecule has 7 nitrogen and oxygen atoms in total. The van der Waals surface area contributed by atoms with E-state index in [2.05, 4.69) is 15.4 Å². The van der Waals surface area contributed by atoms with Gasteiger partial charge in [0.1, 0.15) is 4.70 Å². The predicted octanol–water partition coefficient (Wildman–Crippen LogP) is 4.33. The van der Waals surface area contributed by atoms with Crippen molar-refractivity contribution in [1.29, 1.82) is 0 Å². The normalized spacial score (nSPS) is 15.1. The van der Waals surface area contributed by atoms with Crippen molar-refractivity contribution >= 4 is 38.7 Å². The Morgan fingerprint density at radius 1 is 1.17 bits per heavy atom. The zero-order valence-corrected chi connectivity index (χ0v) is 15.7. The lowest BCUT2D eigenvalue weighted by atomic mass is 10.1. The highest BCUT2D eigenvalue weighted by molar-refractivity contribution is 7.22. The summed E-state index contributed by atoms with van der Waals surface area (Å²) < 4.78 is 39.8. The number of rotatable bonds is 4. The van der Waals surface area contributed by atoms with E-state index in [0.29, 0.717) is 0 Å². The predicted molar refractivity (Wildman–Crippen MR) is 99.3 cm³/mol. The number of halogens is 3. The van der Waals surface area contributed by atoms with Gasteiger partial charge in [0.05, 0.1) is 11.3 Å². The van der Waals surface area contributed by atoms with E-state index in [0.717, 1.165) is 49.2 Å². The summed E-state index contributed by atoms with van der Waals surface area (Å²) in [4.78, 5) is 28.2. The molecule has 1 fully saturated rings. The first kappa shape index (κ1) is 19.4. The molecule has 4 rings (SSSR count). The molecule has 3 aromatic rings. The molecule has 1 aliphatic carbocycles. The van der Waals surface area contributed by atoms with Gasteiger partial charge in [-0.15, -0.1) is 0 Å². The molecule has 0 aliphatic heterocycles. The molecule has 11 heteroatoms. The minimum atomic E-state index is -4.48. The summed E-state index contributed by atoms with van der Waals surface area (Å²) in [6.45, 7) is 0. The lowest BCUT2D eigenvalue weighted by Gasteiger charge is -2.08. The number of carbonyl (C=O) groups excluding carboxylic acids is 1. The first-order valence-corrected chi connectivity index (χ1v) is 9.67. The van der Waals surface area contributed by atoms with Crippen LogP contribution in [0.3, 0.4) is 0 Å². The van der Waals surface area contributed by atoms with Gasteiger partial charge in [-0.25, -0.2) is 9.48 Å². The van der Waals surface area contributed by atoms with Crippen LogP contribution in [0.2, 0.25) is 0 Å². The van der Waals surface area contributed by atoms with E-state index >= 15 is 0 Å². The molecular formula is C18H15F3N4O3S. The molecule has 1 amide bonds. The summed E-state index contributed by atoms with van der Waals surface area (Å²) in [6.07, 6.45) is -0.899. The second kappa shape index (κ2) is 7.14. The molecule has 1 aromatic carbocycles. The van der Waals surface area contributed by atoms with Gasteiger partial charge in [-0.2, -0.15) is 23.3 Å². The van der Waals surface area contributed by atoms with Crippen LogP contribution in [0, 0.1) is 5.92 Å². The zero-order chi connectivity index (χ0) is 20.8. The van der Waals surface area contributed by atoms with Crippen molar-refractivity contribution in [2.75, 3.05) is 5.32 Å². The molecule has 0 atom stereocenters. The monoisotopic (exact) mass is 424 g/mol. The van der Waals surface area contributed by atoms with Gasteiger partial charge in [-0.3, -0.25) is 4.79 Å². The standard InChI is InChI=1S/C18H15F3N4O3S/c19-18(20,21)10-5-7-11(8-6-10)25-14-13(12(24-25)16(27)28)29-17(22-14)23-15(26)9-3-1-2-4-9/h5-9H,1-4H2,(H,27,28)(H,22,23,26). The van der Waals surface area contributed by atoms with Crippen LogP contribution in [-0.2, 0) is 11.0 Å². The first-order chi connectivity index (χ1) is 13.7. The third-order valence-corrected chi connectivity index (χ3v) is 5.79. The summed E-state index contributed by atoms with van der Waals surface area (Å²) in [5, 5.41) is 16.4. The molecule has 0 unspecified atom stereocenters. The van der Waals surface area contributed by atoms with Gasteiger partial charge in [0, 0.05) is 5.92 Å². The fourth-order valence-corrected chi connectivity index (χ4v) is 4.29. The van der Waals surface area contributed by atoms with Crippen LogP contribution in [0.15, 0.2) is 24.3 Å². The average molecular weight is 424 g/mol. The maximum atomic E-state index is 12.8. The Morgan fingerprint density at radius 2 is 1.83 bits per heavy atom. The fraction of sp³-hybridized carbons (Fsp3) is 0.333. The Bertz CT molecular complexity index is 1080. The maximum Gasteiger partial charge on any atom is 0.416 e. The molecule has 0 bridgehead atoms. The van der Waals surface area contributed by atoms with Crippen LogP contribution in [0.4, 0.5) is 18.3 Å². The molecule has 2 aromatic heterocycles. The van der Waals surface area contributed by atoms with Gasteiger partial charge in [0.25, 0.3) is 0 Å². The largest absolute Gasteiger partial charge is 0.476 e. The Morgan fingerprint density at radius 3 is 2.41 bits per heavy atom. The number of nitrogens with one attached hydrogen (secondary N) is 1. The highest BCUT2D eigenvalue weighted by Gasteiger charge is 2.30. The van der Waals surface area contributed by atoms with E-state index in [1.807, 2.05) is 0 Å². The molecular weight excluding hydrogens is 409 g/mol. The van der Waals surface area contributed by atoms with E-state index in [9.17, 15) is 27.9 Å². The lowest BCUT2D eigenvalue weighted by molar-refractivity contribution is -0.137. The Hall–Kier alpha value is -2.95. The van der Waals surface area contributed by atoms with E-state index in [1.165, 1.54) is 16.8 Å². The first-order valence-electron chi connectivity index (χ1n) is 8.85. The van der Waals surface area contributed by atoms with E-state index in [-0.39, 0.29) is 38.7 Å². The molecule has 0 spiro atoms. The smallest absolute Gasteiger partial charge is 0.416 e. The summed E-state index contributed by atoms with van der Waals surface area (Å²) in [5.74, 6) is -1.55. The van der Waals surface area contributed by atoms with Crippen molar-refractivity contribution in [3.8, 4) is 5.69 Å². The van der Waals surface area contributed by atoms with Crippen LogP contribution in [0.5, 0.6) is 0 Å². The minimum absolute atomic E-state index is 0.0904. The number of aromatic nitrogens is 3. The van der Waals surface area contributed by atoms with Crippen molar-refractivity contribution in [3.05, 3.63) is 35.5 Å². The summed E-state index contributed by atoms with van der Waals surface area (Å²) in [7, 11) is 0. The van der Waals surface area contributed by atoms with Crippen molar-refractivity contribution < 1.29 is 27.9 Å². The molecule has 152 valence electrons. The molecule has 1 aliphatic rings. The van der Waals surface area contributed by atoms with Crippen LogP contribution < -0.4 is 5.32 Å². The number of carbonyl (C=O) groups is 2. The summed E-state index contributed by atoms with van der Waals surface area (Å²) >= 11 is 0.975. The number of carboxylic acid groups (broad SMARTS) is 1. The zero-order valence-electron chi connectivity index (χ0n) is 14.9. The number of fused-ring (bicyclic) bond motifs is 1. The lowest BCUT2D eigenvalue weighted by Crippen LogP contribution is -2.20. The molecule has 0 radical (unpaired) electrons. The third-order valence-electron chi connectivity index (χ3n) is 4.82. The second-order valence-electron chi connectivity index (χ2n) is 6.75. The van der Waals surface area contributed by atoms with Crippen LogP contribution in [0.1, 0.15) is 41.7 Å². The minimum Gasteiger partial charge on any atom is -0.476 e. The van der Waals surface area contributed by atoms with Gasteiger partial charge in [-0.05, 0) is 37.1 Å². The van der Waals surface area contributed by atoms with Gasteiger partial charge in [-0.1, -0.05) is 24.2 Å². The van der Waals surface area contributed by atoms with Crippen LogP contribution >= 0.6 is 11.3 Å². The molecule has 2 N–H and O–H groups in total. The molecule has 0 saturated heterocycles. The average Bonchev–Trinajstić information content (AvgIpc) is 3.37. The summed E-state index contributed by atoms with van der Waals surface area (Å²) in [6, 6.07) is 4.16. The van der Waals surface area contributed by atoms with Crippen molar-refractivity contribution in [2.45, 2.75) is 31.9 Å². The van der Waals surface area contributed by atoms with Gasteiger partial charge in [0.2, 0.25) is 5.91 Å². The Kier molecular flexibility index (Phi) is 4.77. The van der Waals surface area contributed by atoms with E-state index in [4.69, 9.17) is 0 Å². The van der Waals surface area contributed by atoms with E-state index < -0.39 is 17.7 Å². The third kappa shape index (κ3) is 3.69. The number of anilines is 1. The number of nitrogens with zero attached hydrogens (tertiary/aromatic N) is 3. The number of hydrogen-bond donors (Lipinski definition) is 2. The second-order valence-corrected chi connectivity index (χ2v) is 7.75. The van der Waals surface area contributed by atoms with Crippen LogP contribution in [-0.4, -0.2) is 31.7 Å². The topological polar surface area (TPSA) is 97.1 Å². The van der Waals surface area contributed by atoms with Crippen molar-refractivity contribution in [2.24, 2.45) is 5.92 Å². The summed E-state index contributed by atoms with van der Waals surface area (Å²) in [5.41, 5.74) is -0.715. The van der Waals surface area contributed by atoms with Crippen molar-refractivity contribution in [3.63, 3.8) is 0 Å². The number of alkyl halides is 3. The Balaban J connectivity index is 1.71. The van der Waals surface area contributed by atoms with Gasteiger partial charge in [0.15, 0.2) is 16.5 Å². The van der Waals surface area contributed by atoms with Crippen LogP contribution in [0.25, 0.3) is 16.0 Å². The highest BCUT2D eigenvalue weighted by Crippen LogP contribution is 2.34. The van der Waals surface area contributed by atoms with Gasteiger partial charge < -0.3 is 10.4 Å². The number of amides is 1. The van der Waals surface area contributed by atoms with E-state index in [1.54, 1.807) is 0 Å². The quantitative estimate of drug-likeness (QED) is 0.650. The Labute approximate surface area is 166 Å². The van der Waals surface area contributed by atoms with Crippen molar-refractivity contribution in [1.82, 2.24) is 14.8 Å². The highest BCUT2D eigenvalue weighted by atomic mass is 32.1. The SMILES string of the molecule is O=C(O)c1nn(-c2ccc(C(F)(F)F)cc2)c2nc(NC(=O)C3CCCC3)sc12.